The summed E-state index contributed by atoms with van der Waals surface area (Å²) in [6, 6.07) is 4.29. The van der Waals surface area contributed by atoms with Gasteiger partial charge in [0.15, 0.2) is 0 Å². The molecule has 0 aromatic carbocycles. The van der Waals surface area contributed by atoms with Gasteiger partial charge in [0.05, 0.1) is 6.04 Å². The van der Waals surface area contributed by atoms with E-state index in [0.717, 1.165) is 18.0 Å². The summed E-state index contributed by atoms with van der Waals surface area (Å²) in [5, 5.41) is 3.60. The number of hydrogen-bond acceptors (Lipinski definition) is 3. The van der Waals surface area contributed by atoms with Crippen molar-refractivity contribution >= 4 is 11.6 Å². The van der Waals surface area contributed by atoms with Crippen LogP contribution >= 0.6 is 0 Å². The van der Waals surface area contributed by atoms with E-state index in [4.69, 9.17) is 0 Å². The Hall–Kier alpha value is -1.42. The highest BCUT2D eigenvalue weighted by atomic mass is 16.2. The van der Waals surface area contributed by atoms with Crippen LogP contribution in [-0.4, -0.2) is 30.0 Å². The Bertz CT molecular complexity index is 462. The van der Waals surface area contributed by atoms with Gasteiger partial charge in [0.2, 0.25) is 5.91 Å². The summed E-state index contributed by atoms with van der Waals surface area (Å²) >= 11 is 0. The first kappa shape index (κ1) is 13.6. The van der Waals surface area contributed by atoms with Crippen LogP contribution in [0.5, 0.6) is 0 Å². The van der Waals surface area contributed by atoms with Gasteiger partial charge in [-0.05, 0) is 43.7 Å². The summed E-state index contributed by atoms with van der Waals surface area (Å²) in [5.41, 5.74) is 0.914. The average Bonchev–Trinajstić information content (AvgIpc) is 2.54. The lowest BCUT2D eigenvalue weighted by atomic mass is 9.77. The highest BCUT2D eigenvalue weighted by Crippen LogP contribution is 2.32. The average molecular weight is 273 g/mol. The second kappa shape index (κ2) is 5.92. The van der Waals surface area contributed by atoms with Gasteiger partial charge in [0.25, 0.3) is 0 Å². The van der Waals surface area contributed by atoms with Gasteiger partial charge in [-0.2, -0.15) is 0 Å². The predicted octanol–water partition coefficient (Wildman–Crippen LogP) is 2.36. The number of carbonyl (C=O) groups excluding carboxylic acids is 1. The second-order valence-corrected chi connectivity index (χ2v) is 6.05. The minimum atomic E-state index is -0.0208. The summed E-state index contributed by atoms with van der Waals surface area (Å²) in [6.45, 7) is 0. The van der Waals surface area contributed by atoms with Crippen molar-refractivity contribution in [1.29, 1.82) is 0 Å². The van der Waals surface area contributed by atoms with Gasteiger partial charge in [-0.15, -0.1) is 0 Å². The molecule has 108 valence electrons. The summed E-state index contributed by atoms with van der Waals surface area (Å²) in [4.78, 5) is 18.4. The third-order valence-electron chi connectivity index (χ3n) is 4.83. The number of anilines is 1. The first-order valence-corrected chi connectivity index (χ1v) is 7.69. The van der Waals surface area contributed by atoms with Crippen molar-refractivity contribution in [2.75, 3.05) is 11.9 Å². The quantitative estimate of drug-likeness (QED) is 0.899. The number of carbonyl (C=O) groups is 1. The van der Waals surface area contributed by atoms with Crippen molar-refractivity contribution in [3.63, 3.8) is 0 Å². The third kappa shape index (κ3) is 2.70. The maximum Gasteiger partial charge on any atom is 0.243 e. The van der Waals surface area contributed by atoms with Crippen molar-refractivity contribution in [1.82, 2.24) is 10.3 Å². The lowest BCUT2D eigenvalue weighted by Crippen LogP contribution is -2.55. The van der Waals surface area contributed by atoms with E-state index in [1.54, 1.807) is 17.3 Å². The maximum absolute atomic E-state index is 12.6. The molecule has 1 saturated carbocycles. The fraction of sp³-hybridized carbons (Fsp3) is 0.625. The normalized spacial score (nSPS) is 29.6. The number of fused-ring (bicyclic) bond motifs is 1. The molecule has 1 aromatic heterocycles. The van der Waals surface area contributed by atoms with Gasteiger partial charge < -0.3 is 10.2 Å². The van der Waals surface area contributed by atoms with Crippen LogP contribution in [0.25, 0.3) is 0 Å². The van der Waals surface area contributed by atoms with Crippen molar-refractivity contribution < 1.29 is 4.79 Å². The van der Waals surface area contributed by atoms with E-state index < -0.39 is 0 Å². The molecule has 1 aliphatic carbocycles. The smallest absolute Gasteiger partial charge is 0.243 e. The van der Waals surface area contributed by atoms with E-state index in [2.05, 4.69) is 10.3 Å². The largest absolute Gasteiger partial charge is 0.314 e. The number of pyridine rings is 1. The number of nitrogens with one attached hydrogen (secondary N) is 1. The van der Waals surface area contributed by atoms with Gasteiger partial charge in [0, 0.05) is 31.2 Å². The van der Waals surface area contributed by atoms with Crippen LogP contribution in [-0.2, 0) is 4.79 Å². The Labute approximate surface area is 120 Å². The number of piperidine rings is 1. The van der Waals surface area contributed by atoms with Gasteiger partial charge in [-0.25, -0.2) is 0 Å². The molecule has 2 fully saturated rings. The van der Waals surface area contributed by atoms with E-state index in [9.17, 15) is 4.79 Å². The minimum absolute atomic E-state index is 0.0208. The molecule has 0 radical (unpaired) electrons. The topological polar surface area (TPSA) is 45.2 Å². The molecular weight excluding hydrogens is 250 g/mol. The first-order chi connectivity index (χ1) is 9.75. The molecule has 1 saturated heterocycles. The molecule has 2 heterocycles. The number of hydrogen-bond donors (Lipinski definition) is 1. The number of likely N-dealkylation sites (N-methyl/N-ethyl adjacent to an activating group) is 1. The van der Waals surface area contributed by atoms with Crippen LogP contribution in [0.2, 0.25) is 0 Å². The molecule has 1 N–H and O–H groups in total. The molecule has 4 heteroatoms. The minimum Gasteiger partial charge on any atom is -0.314 e. The fourth-order valence-corrected chi connectivity index (χ4v) is 3.62. The summed E-state index contributed by atoms with van der Waals surface area (Å²) in [7, 11) is 1.85. The van der Waals surface area contributed by atoms with Gasteiger partial charge in [-0.1, -0.05) is 12.8 Å². The van der Waals surface area contributed by atoms with E-state index in [-0.39, 0.29) is 11.9 Å². The molecule has 20 heavy (non-hydrogen) atoms. The van der Waals surface area contributed by atoms with E-state index in [1.807, 2.05) is 19.2 Å². The number of nitrogens with zero attached hydrogens (tertiary/aromatic N) is 2. The molecule has 3 rings (SSSR count). The summed E-state index contributed by atoms with van der Waals surface area (Å²) in [5.74, 6) is 0.972. The number of amides is 1. The highest BCUT2D eigenvalue weighted by Gasteiger charge is 2.35. The van der Waals surface area contributed by atoms with Crippen LogP contribution in [0.1, 0.15) is 38.5 Å². The lowest BCUT2D eigenvalue weighted by Gasteiger charge is -2.40. The van der Waals surface area contributed by atoms with Crippen molar-refractivity contribution in [2.45, 2.75) is 50.6 Å². The van der Waals surface area contributed by atoms with Crippen molar-refractivity contribution in [2.24, 2.45) is 5.92 Å². The van der Waals surface area contributed by atoms with E-state index in [1.165, 1.54) is 32.1 Å². The van der Waals surface area contributed by atoms with Crippen molar-refractivity contribution in [3.05, 3.63) is 24.5 Å². The second-order valence-electron chi connectivity index (χ2n) is 6.05. The summed E-state index contributed by atoms with van der Waals surface area (Å²) in [6.07, 6.45) is 10.8. The van der Waals surface area contributed by atoms with Crippen LogP contribution in [0.15, 0.2) is 24.5 Å². The summed E-state index contributed by atoms with van der Waals surface area (Å²) < 4.78 is 0. The number of rotatable bonds is 2. The molecule has 1 aliphatic heterocycles. The molecular formula is C16H23N3O. The van der Waals surface area contributed by atoms with Crippen LogP contribution in [0.4, 0.5) is 5.69 Å². The molecule has 1 aromatic rings. The maximum atomic E-state index is 12.6. The first-order valence-electron chi connectivity index (χ1n) is 7.69. The zero-order chi connectivity index (χ0) is 13.9. The van der Waals surface area contributed by atoms with E-state index >= 15 is 0 Å². The molecule has 4 nitrogen and oxygen atoms in total. The molecule has 3 unspecified atom stereocenters. The van der Waals surface area contributed by atoms with Crippen LogP contribution < -0.4 is 10.2 Å². The monoisotopic (exact) mass is 273 g/mol. The lowest BCUT2D eigenvalue weighted by molar-refractivity contribution is -0.121. The Morgan fingerprint density at radius 1 is 1.20 bits per heavy atom. The van der Waals surface area contributed by atoms with Gasteiger partial charge >= 0.3 is 0 Å². The Morgan fingerprint density at radius 2 is 1.95 bits per heavy atom. The van der Waals surface area contributed by atoms with Gasteiger partial charge in [-0.3, -0.25) is 9.78 Å². The zero-order valence-electron chi connectivity index (χ0n) is 12.1. The standard InChI is InChI=1S/C16H23N3O/c1-19(13-8-10-17-11-9-13)16(20)15-7-6-12-4-2-3-5-14(12)18-15/h8-12,14-15,18H,2-7H2,1H3. The van der Waals surface area contributed by atoms with Crippen molar-refractivity contribution in [3.8, 4) is 0 Å². The predicted molar refractivity (Wildman–Crippen MR) is 79.6 cm³/mol. The SMILES string of the molecule is CN(C(=O)C1CCC2CCCCC2N1)c1ccncc1. The fourth-order valence-electron chi connectivity index (χ4n) is 3.62. The third-order valence-corrected chi connectivity index (χ3v) is 4.83. The van der Waals surface area contributed by atoms with Crippen LogP contribution in [0.3, 0.4) is 0 Å². The number of aromatic nitrogens is 1. The molecule has 2 aliphatic rings. The van der Waals surface area contributed by atoms with E-state index in [0.29, 0.717) is 6.04 Å². The van der Waals surface area contributed by atoms with Gasteiger partial charge in [0.1, 0.15) is 0 Å². The molecule has 0 bridgehead atoms. The Balaban J connectivity index is 1.65. The van der Waals surface area contributed by atoms with Crippen LogP contribution in [0, 0.1) is 5.92 Å². The molecule has 3 atom stereocenters. The highest BCUT2D eigenvalue weighted by molar-refractivity contribution is 5.96. The molecule has 0 spiro atoms. The zero-order valence-corrected chi connectivity index (χ0v) is 12.1. The Morgan fingerprint density at radius 3 is 2.75 bits per heavy atom. The Kier molecular flexibility index (Phi) is 4.01. The molecule has 1 amide bonds.